The van der Waals surface area contributed by atoms with E-state index in [-0.39, 0.29) is 11.5 Å². The largest absolute Gasteiger partial charge is 0.490 e. The van der Waals surface area contributed by atoms with Gasteiger partial charge in [0.05, 0.1) is 17.0 Å². The van der Waals surface area contributed by atoms with Gasteiger partial charge in [0.1, 0.15) is 6.61 Å². The molecule has 2 heterocycles. The minimum Gasteiger partial charge on any atom is -0.490 e. The summed E-state index contributed by atoms with van der Waals surface area (Å²) in [6, 6.07) is 14.6. The molecule has 0 aliphatic carbocycles. The Morgan fingerprint density at radius 3 is 2.66 bits per heavy atom. The number of benzene rings is 3. The predicted molar refractivity (Wildman–Crippen MR) is 149 cm³/mol. The molecule has 0 radical (unpaired) electrons. The number of nitro groups is 1. The summed E-state index contributed by atoms with van der Waals surface area (Å²) in [6.07, 6.45) is 0. The topological polar surface area (TPSA) is 93.9 Å². The van der Waals surface area contributed by atoms with E-state index in [2.05, 4.69) is 21.2 Å². The molecule has 1 fully saturated rings. The predicted octanol–water partition coefficient (Wildman–Crippen LogP) is 6.26. The second kappa shape index (κ2) is 10.4. The van der Waals surface area contributed by atoms with Crippen molar-refractivity contribution in [2.45, 2.75) is 31.0 Å². The van der Waals surface area contributed by atoms with Gasteiger partial charge in [-0.15, -0.1) is 0 Å². The highest BCUT2D eigenvalue weighted by atomic mass is 79.9. The van der Waals surface area contributed by atoms with Gasteiger partial charge in [0.25, 0.3) is 11.9 Å². The average Bonchev–Trinajstić information content (AvgIpc) is 3.34. The van der Waals surface area contributed by atoms with Crippen LogP contribution in [0.4, 0.5) is 5.69 Å². The van der Waals surface area contributed by atoms with Crippen molar-refractivity contribution in [1.29, 1.82) is 0 Å². The first-order chi connectivity index (χ1) is 18.2. The smallest absolute Gasteiger partial charge is 0.256 e. The quantitative estimate of drug-likeness (QED) is 0.248. The molecule has 0 saturated carbocycles. The van der Waals surface area contributed by atoms with Crippen molar-refractivity contribution in [1.82, 2.24) is 4.90 Å². The highest BCUT2D eigenvalue weighted by Crippen LogP contribution is 2.53. The van der Waals surface area contributed by atoms with E-state index >= 15 is 0 Å². The fraction of sp³-hybridized carbons (Fsp3) is 0.296. The molecule has 3 aromatic carbocycles. The molecule has 8 nitrogen and oxygen atoms in total. The van der Waals surface area contributed by atoms with E-state index in [9.17, 15) is 14.9 Å². The number of rotatable bonds is 7. The molecule has 198 valence electrons. The van der Waals surface area contributed by atoms with Gasteiger partial charge in [0.15, 0.2) is 17.0 Å². The summed E-state index contributed by atoms with van der Waals surface area (Å²) in [4.78, 5) is 27.5. The lowest BCUT2D eigenvalue weighted by molar-refractivity contribution is -0.534. The molecule has 38 heavy (non-hydrogen) atoms. The van der Waals surface area contributed by atoms with Crippen LogP contribution in [-0.4, -0.2) is 42.0 Å². The van der Waals surface area contributed by atoms with Crippen molar-refractivity contribution in [2.24, 2.45) is 0 Å². The van der Waals surface area contributed by atoms with Crippen molar-refractivity contribution in [3.8, 4) is 11.5 Å². The summed E-state index contributed by atoms with van der Waals surface area (Å²) in [7, 11) is 1.75. The number of hydrogen-bond donors (Lipinski definition) is 1. The van der Waals surface area contributed by atoms with Crippen LogP contribution in [0.25, 0.3) is 0 Å². The first-order valence-electron chi connectivity index (χ1n) is 12.0. The van der Waals surface area contributed by atoms with Gasteiger partial charge in [-0.1, -0.05) is 47.5 Å². The van der Waals surface area contributed by atoms with Gasteiger partial charge in [-0.25, -0.2) is 0 Å². The minimum atomic E-state index is -1.43. The Kier molecular flexibility index (Phi) is 7.30. The molecular formula is C27H24BrCl2N3O5. The zero-order valence-corrected chi connectivity index (χ0v) is 23.6. The fourth-order valence-corrected chi connectivity index (χ4v) is 6.61. The number of halogens is 3. The maximum atomic E-state index is 13.4. The Bertz CT molecular complexity index is 1440. The van der Waals surface area contributed by atoms with Crippen LogP contribution in [0.15, 0.2) is 59.1 Å². The van der Waals surface area contributed by atoms with Gasteiger partial charge < -0.3 is 14.8 Å². The van der Waals surface area contributed by atoms with Crippen LogP contribution in [0, 0.1) is 10.1 Å². The summed E-state index contributed by atoms with van der Waals surface area (Å²) in [5.74, 6) is -0.107. The Morgan fingerprint density at radius 2 is 1.95 bits per heavy atom. The van der Waals surface area contributed by atoms with Gasteiger partial charge in [-0.05, 0) is 65.8 Å². The maximum Gasteiger partial charge on any atom is 0.256 e. The molecule has 1 N–H and O–H groups in total. The number of fused-ring (bicyclic) bond motifs is 2. The molecule has 0 bridgehead atoms. The minimum absolute atomic E-state index is 0.164. The lowest BCUT2D eigenvalue weighted by Gasteiger charge is -2.30. The molecule has 2 aliphatic rings. The van der Waals surface area contributed by atoms with E-state index < -0.39 is 23.4 Å². The number of carbonyl (C=O) groups is 1. The van der Waals surface area contributed by atoms with Crippen LogP contribution >= 0.6 is 39.1 Å². The Balaban J connectivity index is 1.54. The molecule has 11 heteroatoms. The zero-order chi connectivity index (χ0) is 27.2. The SMILES string of the molecule is CCOc1cc([C@@H]2CN(C)[C@]3(C(=O)Nc4ccccc43)[C@@H]2[N+](=O)[O-])cc(Br)c1OCc1ccc(Cl)cc1Cl. The van der Waals surface area contributed by atoms with E-state index in [1.807, 2.05) is 6.92 Å². The van der Waals surface area contributed by atoms with Crippen molar-refractivity contribution in [3.05, 3.63) is 95.9 Å². The molecule has 1 spiro atoms. The van der Waals surface area contributed by atoms with E-state index in [1.165, 1.54) is 0 Å². The Labute approximate surface area is 238 Å². The van der Waals surface area contributed by atoms with Crippen LogP contribution in [0.2, 0.25) is 10.0 Å². The van der Waals surface area contributed by atoms with Crippen LogP contribution in [0.3, 0.4) is 0 Å². The van der Waals surface area contributed by atoms with E-state index in [4.69, 9.17) is 32.7 Å². The lowest BCUT2D eigenvalue weighted by atomic mass is 9.79. The van der Waals surface area contributed by atoms with E-state index in [0.29, 0.717) is 56.0 Å². The highest BCUT2D eigenvalue weighted by Gasteiger charge is 2.68. The number of para-hydroxylation sites is 1. The third kappa shape index (κ3) is 4.31. The maximum absolute atomic E-state index is 13.4. The number of hydrogen-bond acceptors (Lipinski definition) is 6. The van der Waals surface area contributed by atoms with Crippen molar-refractivity contribution in [3.63, 3.8) is 0 Å². The molecule has 5 rings (SSSR count). The molecule has 3 atom stereocenters. The summed E-state index contributed by atoms with van der Waals surface area (Å²) >= 11 is 15.9. The lowest BCUT2D eigenvalue weighted by Crippen LogP contribution is -2.54. The number of amides is 1. The van der Waals surface area contributed by atoms with Gasteiger partial charge >= 0.3 is 0 Å². The molecular weight excluding hydrogens is 597 g/mol. The van der Waals surface area contributed by atoms with Gasteiger partial charge in [0, 0.05) is 38.3 Å². The first kappa shape index (κ1) is 26.7. The number of carbonyl (C=O) groups excluding carboxylic acids is 1. The third-order valence-corrected chi connectivity index (χ3v) is 8.36. The van der Waals surface area contributed by atoms with Gasteiger partial charge in [-0.3, -0.25) is 19.8 Å². The molecule has 0 aromatic heterocycles. The van der Waals surface area contributed by atoms with Crippen LogP contribution in [0.1, 0.15) is 29.5 Å². The number of likely N-dealkylation sites (N-methyl/N-ethyl adjacent to an activating group) is 1. The Hall–Kier alpha value is -2.85. The number of likely N-dealkylation sites (tertiary alicyclic amines) is 1. The summed E-state index contributed by atoms with van der Waals surface area (Å²) in [5, 5.41) is 16.5. The molecule has 1 saturated heterocycles. The molecule has 0 unspecified atom stereocenters. The standard InChI is InChI=1S/C27H24BrCl2N3O5/c1-3-37-23-11-16(10-20(28)24(23)38-14-15-8-9-17(29)12-21(15)30)18-13-32(2)27(25(18)33(35)36)19-6-4-5-7-22(19)31-26(27)34/h4-12,18,25H,3,13-14H2,1-2H3,(H,31,34)/t18-,25+,27-/m0/s1. The van der Waals surface area contributed by atoms with Crippen molar-refractivity contribution < 1.29 is 19.2 Å². The van der Waals surface area contributed by atoms with Crippen LogP contribution < -0.4 is 14.8 Å². The summed E-state index contributed by atoms with van der Waals surface area (Å²) < 4.78 is 12.6. The number of nitrogens with one attached hydrogen (secondary N) is 1. The highest BCUT2D eigenvalue weighted by molar-refractivity contribution is 9.10. The second-order valence-corrected chi connectivity index (χ2v) is 11.0. The first-order valence-corrected chi connectivity index (χ1v) is 13.5. The number of anilines is 1. The molecule has 2 aliphatic heterocycles. The Morgan fingerprint density at radius 1 is 1.18 bits per heavy atom. The number of nitrogens with zero attached hydrogens (tertiary/aromatic N) is 2. The van der Waals surface area contributed by atoms with Crippen molar-refractivity contribution >= 4 is 50.7 Å². The summed E-state index contributed by atoms with van der Waals surface area (Å²) in [6.45, 7) is 2.67. The fourth-order valence-electron chi connectivity index (χ4n) is 5.57. The monoisotopic (exact) mass is 619 g/mol. The van der Waals surface area contributed by atoms with Gasteiger partial charge in [-0.2, -0.15) is 0 Å². The third-order valence-electron chi connectivity index (χ3n) is 7.19. The molecule has 3 aromatic rings. The van der Waals surface area contributed by atoms with Gasteiger partial charge in [0.2, 0.25) is 0 Å². The zero-order valence-electron chi connectivity index (χ0n) is 20.5. The van der Waals surface area contributed by atoms with E-state index in [0.717, 1.165) is 5.56 Å². The second-order valence-electron chi connectivity index (χ2n) is 9.27. The normalized spacial score (nSPS) is 22.4. The number of ether oxygens (including phenoxy) is 2. The molecule has 1 amide bonds. The van der Waals surface area contributed by atoms with E-state index in [1.54, 1.807) is 66.5 Å². The van der Waals surface area contributed by atoms with Crippen molar-refractivity contribution in [2.75, 3.05) is 25.5 Å². The van der Waals surface area contributed by atoms with Crippen LogP contribution in [0.5, 0.6) is 11.5 Å². The summed E-state index contributed by atoms with van der Waals surface area (Å²) in [5.41, 5.74) is 1.19. The average molecular weight is 621 g/mol. The van der Waals surface area contributed by atoms with Crippen LogP contribution in [-0.2, 0) is 16.9 Å².